The van der Waals surface area contributed by atoms with E-state index in [4.69, 9.17) is 14.9 Å². The first-order valence-electron chi connectivity index (χ1n) is 4.55. The average Bonchev–Trinajstić information content (AvgIpc) is 2.14. The van der Waals surface area contributed by atoms with Crippen molar-refractivity contribution < 1.29 is 19.7 Å². The monoisotopic (exact) mass is 198 g/mol. The van der Waals surface area contributed by atoms with Crippen molar-refractivity contribution in [3.63, 3.8) is 0 Å². The second kappa shape index (κ2) is 4.39. The summed E-state index contributed by atoms with van der Waals surface area (Å²) in [5, 5.41) is 18.2. The summed E-state index contributed by atoms with van der Waals surface area (Å²) in [5.74, 6) is -2.80. The van der Waals surface area contributed by atoms with Crippen molar-refractivity contribution in [2.24, 2.45) is 5.92 Å². The van der Waals surface area contributed by atoms with Crippen LogP contribution in [-0.4, -0.2) is 28.6 Å². The summed E-state index contributed by atoms with van der Waals surface area (Å²) in [6, 6.07) is 0. The predicted octanol–water partition coefficient (Wildman–Crippen LogP) is 0.363. The number of esters is 1. The van der Waals surface area contributed by atoms with Gasteiger partial charge in [-0.05, 0) is 18.6 Å². The number of rotatable bonds is 3. The highest BCUT2D eigenvalue weighted by atomic mass is 16.5. The fraction of sp³-hybridized carbons (Fsp3) is 0.500. The fourth-order valence-corrected chi connectivity index (χ4v) is 1.07. The Labute approximate surface area is 82.5 Å². The van der Waals surface area contributed by atoms with Crippen molar-refractivity contribution in [3.8, 4) is 0 Å². The maximum Gasteiger partial charge on any atom is 0.316 e. The molecule has 4 heteroatoms. The molecule has 2 N–H and O–H groups in total. The van der Waals surface area contributed by atoms with Crippen LogP contribution in [0.3, 0.4) is 0 Å². The van der Waals surface area contributed by atoms with Gasteiger partial charge in [-0.15, -0.1) is 0 Å². The lowest BCUT2D eigenvalue weighted by molar-refractivity contribution is -0.145. The molecule has 0 saturated heterocycles. The summed E-state index contributed by atoms with van der Waals surface area (Å²) >= 11 is 0. The van der Waals surface area contributed by atoms with Crippen molar-refractivity contribution in [1.29, 1.82) is 0 Å². The smallest absolute Gasteiger partial charge is 0.316 e. The average molecular weight is 198 g/mol. The van der Waals surface area contributed by atoms with Crippen LogP contribution in [0.15, 0.2) is 24.3 Å². The molecular formula is C10H14O4. The van der Waals surface area contributed by atoms with E-state index in [1.54, 1.807) is 0 Å². The van der Waals surface area contributed by atoms with E-state index in [2.05, 4.69) is 0 Å². The van der Waals surface area contributed by atoms with E-state index >= 15 is 0 Å². The molecule has 0 amide bonds. The number of ether oxygens (including phenoxy) is 1. The van der Waals surface area contributed by atoms with Crippen LogP contribution in [0, 0.1) is 5.92 Å². The largest absolute Gasteiger partial charge is 0.465 e. The van der Waals surface area contributed by atoms with Gasteiger partial charge >= 0.3 is 5.97 Å². The van der Waals surface area contributed by atoms with Crippen LogP contribution in [0.5, 0.6) is 0 Å². The second-order valence-corrected chi connectivity index (χ2v) is 3.19. The molecule has 1 aliphatic carbocycles. The quantitative estimate of drug-likeness (QED) is 0.390. The van der Waals surface area contributed by atoms with Crippen LogP contribution in [0.2, 0.25) is 0 Å². The highest BCUT2D eigenvalue weighted by Gasteiger charge is 2.23. The Bertz CT molecular complexity index is 249. The number of aliphatic hydroxyl groups is 2. The van der Waals surface area contributed by atoms with Gasteiger partial charge < -0.3 is 14.9 Å². The molecule has 0 atom stereocenters. The number of carbonyl (C=O) groups is 1. The topological polar surface area (TPSA) is 66.8 Å². The zero-order valence-electron chi connectivity index (χ0n) is 8.01. The van der Waals surface area contributed by atoms with Crippen molar-refractivity contribution in [2.75, 3.05) is 6.61 Å². The van der Waals surface area contributed by atoms with Gasteiger partial charge in [-0.1, -0.05) is 19.1 Å². The van der Waals surface area contributed by atoms with Crippen LogP contribution in [0.25, 0.3) is 0 Å². The maximum atomic E-state index is 11.3. The molecule has 14 heavy (non-hydrogen) atoms. The van der Waals surface area contributed by atoms with Crippen molar-refractivity contribution in [3.05, 3.63) is 24.3 Å². The molecule has 0 unspecified atom stereocenters. The van der Waals surface area contributed by atoms with Crippen molar-refractivity contribution in [2.45, 2.75) is 19.1 Å². The van der Waals surface area contributed by atoms with Gasteiger partial charge in [-0.25, -0.2) is 0 Å². The molecule has 4 nitrogen and oxygen atoms in total. The van der Waals surface area contributed by atoms with E-state index in [9.17, 15) is 4.79 Å². The van der Waals surface area contributed by atoms with Crippen molar-refractivity contribution in [1.82, 2.24) is 0 Å². The van der Waals surface area contributed by atoms with Crippen LogP contribution in [-0.2, 0) is 9.53 Å². The van der Waals surface area contributed by atoms with Crippen LogP contribution < -0.4 is 0 Å². The van der Waals surface area contributed by atoms with Crippen molar-refractivity contribution >= 4 is 5.97 Å². The summed E-state index contributed by atoms with van der Waals surface area (Å²) in [5.41, 5.74) is 0. The number of carbonyl (C=O) groups excluding carboxylic acids is 1. The molecule has 1 rings (SSSR count). The SMILES string of the molecule is CCCOC(=O)C1C=CC(O)(O)C=C1. The molecule has 0 aliphatic heterocycles. The predicted molar refractivity (Wildman–Crippen MR) is 50.2 cm³/mol. The molecule has 78 valence electrons. The van der Waals surface area contributed by atoms with Gasteiger partial charge in [-0.3, -0.25) is 4.79 Å². The third-order valence-corrected chi connectivity index (χ3v) is 1.82. The Kier molecular flexibility index (Phi) is 3.43. The van der Waals surface area contributed by atoms with Gasteiger partial charge in [0.1, 0.15) is 0 Å². The summed E-state index contributed by atoms with van der Waals surface area (Å²) in [7, 11) is 0. The summed E-state index contributed by atoms with van der Waals surface area (Å²) < 4.78 is 4.89. The number of hydrogen-bond donors (Lipinski definition) is 2. The van der Waals surface area contributed by atoms with E-state index in [1.165, 1.54) is 12.2 Å². The second-order valence-electron chi connectivity index (χ2n) is 3.19. The lowest BCUT2D eigenvalue weighted by Crippen LogP contribution is -2.27. The first-order chi connectivity index (χ1) is 6.55. The van der Waals surface area contributed by atoms with E-state index in [0.29, 0.717) is 6.61 Å². The van der Waals surface area contributed by atoms with Gasteiger partial charge in [0.2, 0.25) is 5.79 Å². The molecule has 0 aromatic rings. The van der Waals surface area contributed by atoms with Gasteiger partial charge in [0.25, 0.3) is 0 Å². The van der Waals surface area contributed by atoms with E-state index < -0.39 is 11.7 Å². The van der Waals surface area contributed by atoms with E-state index in [1.807, 2.05) is 6.92 Å². The minimum atomic E-state index is -1.93. The zero-order valence-corrected chi connectivity index (χ0v) is 8.01. The Morgan fingerprint density at radius 2 is 2.00 bits per heavy atom. The Morgan fingerprint density at radius 3 is 2.50 bits per heavy atom. The molecular weight excluding hydrogens is 184 g/mol. The highest BCUT2D eigenvalue weighted by molar-refractivity contribution is 5.77. The molecule has 0 aromatic heterocycles. The molecule has 1 aliphatic rings. The molecule has 0 radical (unpaired) electrons. The molecule has 0 bridgehead atoms. The standard InChI is InChI=1S/C10H14O4/c1-2-7-14-9(11)8-3-5-10(12,13)6-4-8/h3-6,8,12-13H,2,7H2,1H3. The van der Waals surface area contributed by atoms with Crippen LogP contribution in [0.1, 0.15) is 13.3 Å². The lowest BCUT2D eigenvalue weighted by Gasteiger charge is -2.18. The van der Waals surface area contributed by atoms with E-state index in [-0.39, 0.29) is 5.97 Å². The minimum Gasteiger partial charge on any atom is -0.465 e. The summed E-state index contributed by atoms with van der Waals surface area (Å²) in [4.78, 5) is 11.3. The van der Waals surface area contributed by atoms with E-state index in [0.717, 1.165) is 18.6 Å². The Balaban J connectivity index is 2.49. The fourth-order valence-electron chi connectivity index (χ4n) is 1.07. The van der Waals surface area contributed by atoms with Crippen LogP contribution in [0.4, 0.5) is 0 Å². The third-order valence-electron chi connectivity index (χ3n) is 1.82. The van der Waals surface area contributed by atoms with Gasteiger partial charge in [0.15, 0.2) is 0 Å². The maximum absolute atomic E-state index is 11.3. The highest BCUT2D eigenvalue weighted by Crippen LogP contribution is 2.17. The third kappa shape index (κ3) is 2.97. The Morgan fingerprint density at radius 1 is 1.43 bits per heavy atom. The normalized spacial score (nSPS) is 19.6. The van der Waals surface area contributed by atoms with Gasteiger partial charge in [0.05, 0.1) is 12.5 Å². The Hall–Kier alpha value is -1.13. The molecule has 0 spiro atoms. The van der Waals surface area contributed by atoms with Gasteiger partial charge in [0, 0.05) is 0 Å². The molecule has 0 aromatic carbocycles. The number of hydrogen-bond acceptors (Lipinski definition) is 4. The van der Waals surface area contributed by atoms with Crippen LogP contribution >= 0.6 is 0 Å². The molecule has 0 heterocycles. The van der Waals surface area contributed by atoms with Gasteiger partial charge in [-0.2, -0.15) is 0 Å². The molecule has 0 fully saturated rings. The summed E-state index contributed by atoms with van der Waals surface area (Å²) in [6.45, 7) is 2.30. The lowest BCUT2D eigenvalue weighted by atomic mass is 10.0. The first kappa shape index (κ1) is 10.9. The summed E-state index contributed by atoms with van der Waals surface area (Å²) in [6.07, 6.45) is 5.92. The molecule has 0 saturated carbocycles. The minimum absolute atomic E-state index is 0.366. The zero-order chi connectivity index (χ0) is 10.6. The first-order valence-corrected chi connectivity index (χ1v) is 4.55.